The van der Waals surface area contributed by atoms with Crippen molar-refractivity contribution in [1.82, 2.24) is 0 Å². The van der Waals surface area contributed by atoms with Gasteiger partial charge in [-0.2, -0.15) is 0 Å². The van der Waals surface area contributed by atoms with E-state index < -0.39 is 54.5 Å². The molecule has 170 valence electrons. The summed E-state index contributed by atoms with van der Waals surface area (Å²) in [5.41, 5.74) is -1.56. The molecule has 11 heteroatoms. The normalized spacial score (nSPS) is 25.7. The fraction of sp³-hybridized carbons (Fsp3) is 0.333. The number of hydrogen-bond donors (Lipinski definition) is 5. The van der Waals surface area contributed by atoms with Crippen molar-refractivity contribution in [2.75, 3.05) is 13.7 Å². The number of carboxylic acids is 1. The Morgan fingerprint density at radius 2 is 1.75 bits per heavy atom. The standard InChI is InChI=1S/C21H20O11/c1-29-8-2-3-9-10-4-5-12(14(19(26)27)18(10)32-20(28)11(9)6-8)30-21-17(25)16(24)15(23)13(7-22)31-21/h2-6,13,15-17,21-25H,7H2,1H3,(H,26,27)/t13-,15-,16+,17-,21-/m1/s1. The number of ether oxygens (including phenoxy) is 3. The van der Waals surface area contributed by atoms with Gasteiger partial charge >= 0.3 is 11.6 Å². The number of aromatic carboxylic acids is 1. The average Bonchev–Trinajstić information content (AvgIpc) is 2.78. The molecule has 2 aromatic carbocycles. The van der Waals surface area contributed by atoms with E-state index in [4.69, 9.17) is 18.6 Å². The van der Waals surface area contributed by atoms with Gasteiger partial charge < -0.3 is 44.2 Å². The topological polar surface area (TPSA) is 176 Å². The molecule has 3 aromatic rings. The fourth-order valence-electron chi connectivity index (χ4n) is 3.68. The van der Waals surface area contributed by atoms with Crippen LogP contribution in [0.25, 0.3) is 21.7 Å². The second-order valence-corrected chi connectivity index (χ2v) is 7.24. The van der Waals surface area contributed by atoms with E-state index in [1.807, 2.05) is 0 Å². The molecule has 0 saturated carbocycles. The highest BCUT2D eigenvalue weighted by Gasteiger charge is 2.45. The maximum atomic E-state index is 12.5. The Hall–Kier alpha value is -3.22. The lowest BCUT2D eigenvalue weighted by Crippen LogP contribution is -2.60. The van der Waals surface area contributed by atoms with Crippen molar-refractivity contribution in [3.05, 3.63) is 46.3 Å². The summed E-state index contributed by atoms with van der Waals surface area (Å²) in [7, 11) is 1.44. The third kappa shape index (κ3) is 3.55. The van der Waals surface area contributed by atoms with Crippen molar-refractivity contribution in [2.45, 2.75) is 30.7 Å². The third-order valence-corrected chi connectivity index (χ3v) is 5.36. The quantitative estimate of drug-likeness (QED) is 0.259. The largest absolute Gasteiger partial charge is 0.497 e. The van der Waals surface area contributed by atoms with Gasteiger partial charge in [-0.1, -0.05) is 0 Å². The van der Waals surface area contributed by atoms with Crippen LogP contribution >= 0.6 is 0 Å². The van der Waals surface area contributed by atoms with Gasteiger partial charge in [0.1, 0.15) is 41.5 Å². The molecule has 0 amide bonds. The van der Waals surface area contributed by atoms with Gasteiger partial charge in [0.15, 0.2) is 5.58 Å². The molecule has 32 heavy (non-hydrogen) atoms. The van der Waals surface area contributed by atoms with Crippen molar-refractivity contribution in [2.24, 2.45) is 0 Å². The van der Waals surface area contributed by atoms with E-state index >= 15 is 0 Å². The molecule has 1 aliphatic rings. The number of hydrogen-bond acceptors (Lipinski definition) is 10. The molecular formula is C21H20O11. The van der Waals surface area contributed by atoms with Crippen LogP contribution in [0.1, 0.15) is 10.4 Å². The van der Waals surface area contributed by atoms with Crippen molar-refractivity contribution in [1.29, 1.82) is 0 Å². The molecule has 1 aliphatic heterocycles. The molecule has 0 aliphatic carbocycles. The van der Waals surface area contributed by atoms with E-state index in [-0.39, 0.29) is 16.7 Å². The monoisotopic (exact) mass is 448 g/mol. The SMILES string of the molecule is COc1ccc2c(c1)c(=O)oc1c(C(=O)O)c(O[C@@H]3O[C@H](CO)[C@@H](O)[C@H](O)[C@H]3O)ccc12. The van der Waals surface area contributed by atoms with Gasteiger partial charge in [-0.15, -0.1) is 0 Å². The highest BCUT2D eigenvalue weighted by molar-refractivity contribution is 6.12. The Balaban J connectivity index is 1.84. The molecule has 5 atom stereocenters. The highest BCUT2D eigenvalue weighted by atomic mass is 16.7. The average molecular weight is 448 g/mol. The first-order valence-electron chi connectivity index (χ1n) is 9.54. The van der Waals surface area contributed by atoms with Crippen LogP contribution in [0.2, 0.25) is 0 Å². The number of benzene rings is 2. The molecule has 0 bridgehead atoms. The minimum atomic E-state index is -1.75. The van der Waals surface area contributed by atoms with Crippen LogP contribution in [0.5, 0.6) is 11.5 Å². The number of fused-ring (bicyclic) bond motifs is 3. The van der Waals surface area contributed by atoms with Gasteiger partial charge in [-0.05, 0) is 30.3 Å². The van der Waals surface area contributed by atoms with Gasteiger partial charge in [0.25, 0.3) is 0 Å². The Labute approximate surface area is 179 Å². The highest BCUT2D eigenvalue weighted by Crippen LogP contribution is 2.34. The predicted molar refractivity (Wildman–Crippen MR) is 108 cm³/mol. The van der Waals surface area contributed by atoms with Crippen LogP contribution in [0.4, 0.5) is 0 Å². The molecule has 5 N–H and O–H groups in total. The van der Waals surface area contributed by atoms with Crippen LogP contribution < -0.4 is 15.1 Å². The van der Waals surface area contributed by atoms with Crippen molar-refractivity contribution in [3.8, 4) is 11.5 Å². The fourth-order valence-corrected chi connectivity index (χ4v) is 3.68. The smallest absolute Gasteiger partial charge is 0.344 e. The lowest BCUT2D eigenvalue weighted by molar-refractivity contribution is -0.277. The van der Waals surface area contributed by atoms with E-state index in [0.29, 0.717) is 16.5 Å². The first-order chi connectivity index (χ1) is 15.3. The van der Waals surface area contributed by atoms with Crippen LogP contribution in [-0.2, 0) is 4.74 Å². The Bertz CT molecular complexity index is 1230. The zero-order chi connectivity index (χ0) is 23.2. The minimum Gasteiger partial charge on any atom is -0.497 e. The molecule has 11 nitrogen and oxygen atoms in total. The van der Waals surface area contributed by atoms with Crippen molar-refractivity contribution < 1.29 is 49.0 Å². The summed E-state index contributed by atoms with van der Waals surface area (Å²) < 4.78 is 21.2. The number of aliphatic hydroxyl groups excluding tert-OH is 4. The third-order valence-electron chi connectivity index (χ3n) is 5.36. The first kappa shape index (κ1) is 22.0. The summed E-state index contributed by atoms with van der Waals surface area (Å²) in [6.07, 6.45) is -7.92. The van der Waals surface area contributed by atoms with E-state index in [1.54, 1.807) is 12.1 Å². The molecule has 1 fully saturated rings. The predicted octanol–water partition coefficient (Wildman–Crippen LogP) is -0.168. The molecule has 2 heterocycles. The molecule has 1 aromatic heterocycles. The summed E-state index contributed by atoms with van der Waals surface area (Å²) in [4.78, 5) is 24.6. The Kier molecular flexibility index (Phi) is 5.75. The van der Waals surface area contributed by atoms with Crippen LogP contribution in [-0.4, -0.2) is 75.9 Å². The molecule has 0 spiro atoms. The summed E-state index contributed by atoms with van der Waals surface area (Å²) in [6, 6.07) is 7.44. The molecule has 0 unspecified atom stereocenters. The van der Waals surface area contributed by atoms with Gasteiger partial charge in [0, 0.05) is 10.8 Å². The number of rotatable bonds is 5. The van der Waals surface area contributed by atoms with Crippen molar-refractivity contribution in [3.63, 3.8) is 0 Å². The lowest BCUT2D eigenvalue weighted by atomic mass is 9.99. The van der Waals surface area contributed by atoms with E-state index in [1.165, 1.54) is 25.3 Å². The zero-order valence-electron chi connectivity index (χ0n) is 16.7. The first-order valence-corrected chi connectivity index (χ1v) is 9.54. The van der Waals surface area contributed by atoms with Gasteiger partial charge in [-0.25, -0.2) is 9.59 Å². The van der Waals surface area contributed by atoms with E-state index in [2.05, 4.69) is 0 Å². The van der Waals surface area contributed by atoms with Gasteiger partial charge in [0.05, 0.1) is 19.1 Å². The second kappa shape index (κ2) is 8.37. The second-order valence-electron chi connectivity index (χ2n) is 7.24. The van der Waals surface area contributed by atoms with Gasteiger partial charge in [0.2, 0.25) is 6.29 Å². The number of aliphatic hydroxyl groups is 4. The van der Waals surface area contributed by atoms with Crippen LogP contribution in [0, 0.1) is 0 Å². The summed E-state index contributed by atoms with van der Waals surface area (Å²) >= 11 is 0. The minimum absolute atomic E-state index is 0.191. The molecular weight excluding hydrogens is 428 g/mol. The zero-order valence-corrected chi connectivity index (χ0v) is 16.7. The summed E-state index contributed by atoms with van der Waals surface area (Å²) in [5, 5.41) is 50.1. The lowest BCUT2D eigenvalue weighted by Gasteiger charge is -2.39. The maximum Gasteiger partial charge on any atom is 0.344 e. The number of methoxy groups -OCH3 is 1. The van der Waals surface area contributed by atoms with Crippen molar-refractivity contribution >= 4 is 27.7 Å². The number of carboxylic acid groups (broad SMARTS) is 1. The summed E-state index contributed by atoms with van der Waals surface area (Å²) in [6.45, 7) is -0.682. The number of carbonyl (C=O) groups is 1. The van der Waals surface area contributed by atoms with Crippen LogP contribution in [0.15, 0.2) is 39.5 Å². The Morgan fingerprint density at radius 1 is 1.03 bits per heavy atom. The summed E-state index contributed by atoms with van der Waals surface area (Å²) in [5.74, 6) is -1.37. The molecule has 4 rings (SSSR count). The molecule has 0 radical (unpaired) electrons. The maximum absolute atomic E-state index is 12.5. The van der Waals surface area contributed by atoms with E-state index in [9.17, 15) is 35.1 Å². The van der Waals surface area contributed by atoms with Gasteiger partial charge in [-0.3, -0.25) is 0 Å². The van der Waals surface area contributed by atoms with E-state index in [0.717, 1.165) is 0 Å². The van der Waals surface area contributed by atoms with Crippen LogP contribution in [0.3, 0.4) is 0 Å². The molecule has 1 saturated heterocycles. The Morgan fingerprint density at radius 3 is 2.41 bits per heavy atom.